The number of carbonyl (C=O) groups is 2. The maximum absolute atomic E-state index is 12.3. The van der Waals surface area contributed by atoms with Crippen molar-refractivity contribution in [2.45, 2.75) is 64.8 Å². The number of thioether (sulfide) groups is 1. The molecule has 0 radical (unpaired) electrons. The molecule has 5 nitrogen and oxygen atoms in total. The third-order valence-electron chi connectivity index (χ3n) is 4.38. The minimum Gasteiger partial charge on any atom is -0.459 e. The largest absolute Gasteiger partial charge is 0.459 e. The van der Waals surface area contributed by atoms with Crippen LogP contribution in [-0.4, -0.2) is 35.5 Å². The van der Waals surface area contributed by atoms with Gasteiger partial charge in [0.25, 0.3) is 0 Å². The summed E-state index contributed by atoms with van der Waals surface area (Å²) in [6, 6.07) is 0. The second-order valence-corrected chi connectivity index (χ2v) is 7.74. The zero-order valence-corrected chi connectivity index (χ0v) is 14.6. The zero-order valence-electron chi connectivity index (χ0n) is 13.7. The first-order valence-corrected chi connectivity index (χ1v) is 9.06. The van der Waals surface area contributed by atoms with E-state index in [0.29, 0.717) is 23.5 Å². The Labute approximate surface area is 136 Å². The summed E-state index contributed by atoms with van der Waals surface area (Å²) in [7, 11) is 0. The van der Waals surface area contributed by atoms with Crippen molar-refractivity contribution < 1.29 is 23.8 Å². The van der Waals surface area contributed by atoms with Gasteiger partial charge in [0.1, 0.15) is 6.10 Å². The average Bonchev–Trinajstić information content (AvgIpc) is 2.86. The van der Waals surface area contributed by atoms with Crippen molar-refractivity contribution in [3.63, 3.8) is 0 Å². The Morgan fingerprint density at radius 1 is 1.23 bits per heavy atom. The van der Waals surface area contributed by atoms with E-state index in [-0.39, 0.29) is 12.1 Å². The van der Waals surface area contributed by atoms with E-state index in [4.69, 9.17) is 14.2 Å². The van der Waals surface area contributed by atoms with Crippen LogP contribution in [0.2, 0.25) is 0 Å². The summed E-state index contributed by atoms with van der Waals surface area (Å²) < 4.78 is 16.2. The van der Waals surface area contributed by atoms with E-state index in [0.717, 1.165) is 12.8 Å². The van der Waals surface area contributed by atoms with Gasteiger partial charge in [-0.1, -0.05) is 27.2 Å². The molecule has 126 valence electrons. The molecule has 1 heterocycles. The molecule has 22 heavy (non-hydrogen) atoms. The average molecular weight is 330 g/mol. The van der Waals surface area contributed by atoms with Crippen molar-refractivity contribution in [3.05, 3.63) is 0 Å². The summed E-state index contributed by atoms with van der Waals surface area (Å²) in [6.45, 7) is 7.89. The van der Waals surface area contributed by atoms with Gasteiger partial charge in [0.15, 0.2) is 0 Å². The smallest absolute Gasteiger partial charge is 0.346 e. The first-order valence-electron chi connectivity index (χ1n) is 8.01. The topological polar surface area (TPSA) is 61.8 Å². The van der Waals surface area contributed by atoms with Gasteiger partial charge in [-0.15, -0.1) is 11.8 Å². The summed E-state index contributed by atoms with van der Waals surface area (Å²) >= 11 is 1.33. The molecule has 0 aromatic heterocycles. The van der Waals surface area contributed by atoms with Crippen LogP contribution in [0, 0.1) is 17.8 Å². The van der Waals surface area contributed by atoms with Crippen LogP contribution in [0.25, 0.3) is 0 Å². The molecule has 0 amide bonds. The minimum atomic E-state index is -0.686. The lowest BCUT2D eigenvalue weighted by Gasteiger charge is -2.37. The molecular weight excluding hydrogens is 304 g/mol. The Morgan fingerprint density at radius 2 is 1.95 bits per heavy atom. The molecule has 0 spiro atoms. The van der Waals surface area contributed by atoms with Crippen LogP contribution in [0.1, 0.15) is 47.0 Å². The van der Waals surface area contributed by atoms with Gasteiger partial charge in [0.2, 0.25) is 11.7 Å². The van der Waals surface area contributed by atoms with E-state index in [1.807, 2.05) is 0 Å². The molecule has 1 aliphatic heterocycles. The van der Waals surface area contributed by atoms with Crippen molar-refractivity contribution in [2.75, 3.05) is 5.75 Å². The highest BCUT2D eigenvalue weighted by Crippen LogP contribution is 2.36. The number of esters is 2. The van der Waals surface area contributed by atoms with E-state index in [1.54, 1.807) is 0 Å². The monoisotopic (exact) mass is 330 g/mol. The third-order valence-corrected chi connectivity index (χ3v) is 5.45. The van der Waals surface area contributed by atoms with Crippen molar-refractivity contribution in [1.29, 1.82) is 0 Å². The van der Waals surface area contributed by atoms with E-state index < -0.39 is 17.7 Å². The van der Waals surface area contributed by atoms with Crippen molar-refractivity contribution in [2.24, 2.45) is 17.8 Å². The fourth-order valence-electron chi connectivity index (χ4n) is 3.21. The number of carbonyl (C=O) groups excluding carboxylic acids is 2. The zero-order chi connectivity index (χ0) is 16.3. The van der Waals surface area contributed by atoms with Gasteiger partial charge in [-0.2, -0.15) is 0 Å². The van der Waals surface area contributed by atoms with Crippen LogP contribution in [0.3, 0.4) is 0 Å². The molecule has 5 atom stereocenters. The molecule has 2 aliphatic rings. The quantitative estimate of drug-likeness (QED) is 0.739. The Hall–Kier alpha value is -0.750. The molecular formula is C16H26O5S. The van der Waals surface area contributed by atoms with E-state index in [1.165, 1.54) is 25.1 Å². The fourth-order valence-corrected chi connectivity index (χ4v) is 4.08. The lowest BCUT2D eigenvalue weighted by atomic mass is 9.75. The molecule has 0 aromatic carbocycles. The standard InChI is InChI=1S/C16H26O5S/c1-9(2)12-6-5-10(3)7-13(12)20-15(18)16-21-14(8-22-16)19-11(4)17/h9-10,12-14,16H,5-8H2,1-4H3/t10?,12?,13?,14-,16+/m1/s1. The fraction of sp³-hybridized carbons (Fsp3) is 0.875. The highest BCUT2D eigenvalue weighted by Gasteiger charge is 2.39. The number of rotatable bonds is 4. The van der Waals surface area contributed by atoms with Gasteiger partial charge >= 0.3 is 11.9 Å². The van der Waals surface area contributed by atoms with E-state index >= 15 is 0 Å². The van der Waals surface area contributed by atoms with Gasteiger partial charge < -0.3 is 14.2 Å². The van der Waals surface area contributed by atoms with Crippen molar-refractivity contribution in [3.8, 4) is 0 Å². The van der Waals surface area contributed by atoms with Crippen molar-refractivity contribution >= 4 is 23.7 Å². The Morgan fingerprint density at radius 3 is 2.59 bits per heavy atom. The number of hydrogen-bond acceptors (Lipinski definition) is 6. The Bertz CT molecular complexity index is 411. The van der Waals surface area contributed by atoms with Gasteiger partial charge in [0, 0.05) is 6.92 Å². The minimum absolute atomic E-state index is 0.0341. The summed E-state index contributed by atoms with van der Waals surface area (Å²) in [4.78, 5) is 23.2. The molecule has 2 fully saturated rings. The first kappa shape index (κ1) is 17.6. The van der Waals surface area contributed by atoms with Gasteiger partial charge in [-0.25, -0.2) is 4.79 Å². The first-order chi connectivity index (χ1) is 10.4. The highest BCUT2D eigenvalue weighted by atomic mass is 32.2. The molecule has 1 saturated carbocycles. The molecule has 1 saturated heterocycles. The van der Waals surface area contributed by atoms with Gasteiger partial charge in [-0.3, -0.25) is 4.79 Å². The molecule has 0 aromatic rings. The SMILES string of the molecule is CC(=O)O[C@H]1CS[C@@H](C(=O)OC2CC(C)CCC2C(C)C)O1. The van der Waals surface area contributed by atoms with E-state index in [9.17, 15) is 9.59 Å². The molecule has 1 aliphatic carbocycles. The maximum Gasteiger partial charge on any atom is 0.346 e. The third kappa shape index (κ3) is 4.62. The summed E-state index contributed by atoms with van der Waals surface area (Å²) in [5, 5.41) is 0. The molecule has 6 heteroatoms. The van der Waals surface area contributed by atoms with Crippen LogP contribution in [0.15, 0.2) is 0 Å². The highest BCUT2D eigenvalue weighted by molar-refractivity contribution is 8.00. The van der Waals surface area contributed by atoms with Crippen LogP contribution in [-0.2, 0) is 23.8 Å². The summed E-state index contributed by atoms with van der Waals surface area (Å²) in [5.74, 6) is 1.21. The van der Waals surface area contributed by atoms with Gasteiger partial charge in [0.05, 0.1) is 5.75 Å². The normalized spacial score (nSPS) is 35.4. The lowest BCUT2D eigenvalue weighted by Crippen LogP contribution is -2.38. The Balaban J connectivity index is 1.88. The maximum atomic E-state index is 12.3. The number of hydrogen-bond donors (Lipinski definition) is 0. The van der Waals surface area contributed by atoms with Crippen LogP contribution < -0.4 is 0 Å². The predicted molar refractivity (Wildman–Crippen MR) is 84.1 cm³/mol. The molecule has 0 bridgehead atoms. The van der Waals surface area contributed by atoms with E-state index in [2.05, 4.69) is 20.8 Å². The lowest BCUT2D eigenvalue weighted by molar-refractivity contribution is -0.185. The van der Waals surface area contributed by atoms with Crippen LogP contribution in [0.4, 0.5) is 0 Å². The van der Waals surface area contributed by atoms with Crippen LogP contribution in [0.5, 0.6) is 0 Å². The summed E-state index contributed by atoms with van der Waals surface area (Å²) in [5.41, 5.74) is -0.686. The molecule has 2 rings (SSSR count). The predicted octanol–water partition coefficient (Wildman–Crippen LogP) is 2.97. The second kappa shape index (κ2) is 7.68. The Kier molecular flexibility index (Phi) is 6.15. The van der Waals surface area contributed by atoms with Crippen molar-refractivity contribution in [1.82, 2.24) is 0 Å². The van der Waals surface area contributed by atoms with Crippen LogP contribution >= 0.6 is 11.8 Å². The van der Waals surface area contributed by atoms with Gasteiger partial charge in [-0.05, 0) is 30.6 Å². The summed E-state index contributed by atoms with van der Waals surface area (Å²) in [6.07, 6.45) is 2.53. The molecule has 3 unspecified atom stereocenters. The second-order valence-electron chi connectivity index (χ2n) is 6.64. The number of ether oxygens (including phenoxy) is 3. The molecule has 0 N–H and O–H groups in total.